The van der Waals surface area contributed by atoms with E-state index >= 15 is 0 Å². The highest BCUT2D eigenvalue weighted by atomic mass is 79.9. The monoisotopic (exact) mass is 468 g/mol. The highest BCUT2D eigenvalue weighted by Gasteiger charge is 2.17. The average Bonchev–Trinajstić information content (AvgIpc) is 2.67. The Morgan fingerprint density at radius 2 is 1.89 bits per heavy atom. The number of hydrogen-bond acceptors (Lipinski definition) is 5. The lowest BCUT2D eigenvalue weighted by molar-refractivity contribution is -0.136. The van der Waals surface area contributed by atoms with E-state index in [4.69, 9.17) is 21.1 Å². The fraction of sp³-hybridized carbons (Fsp3) is 0.211. The number of amides is 2. The number of para-hydroxylation sites is 1. The lowest BCUT2D eigenvalue weighted by atomic mass is 10.2. The molecule has 0 aliphatic rings. The van der Waals surface area contributed by atoms with Crippen LogP contribution >= 0.6 is 27.5 Å². The third-order valence-corrected chi connectivity index (χ3v) is 4.62. The minimum atomic E-state index is -0.661. The second-order valence-corrected chi connectivity index (χ2v) is 6.96. The van der Waals surface area contributed by atoms with Crippen LogP contribution in [0.3, 0.4) is 0 Å². The molecule has 0 atom stereocenters. The molecule has 0 spiro atoms. The van der Waals surface area contributed by atoms with Gasteiger partial charge in [-0.15, -0.1) is 0 Å². The number of anilines is 1. The quantitative estimate of drug-likeness (QED) is 0.629. The lowest BCUT2D eigenvalue weighted by Gasteiger charge is -2.17. The lowest BCUT2D eigenvalue weighted by Crippen LogP contribution is -2.37. The number of carbonyl (C=O) groups is 3. The van der Waals surface area contributed by atoms with Crippen LogP contribution < -0.4 is 10.1 Å². The molecule has 0 aromatic heterocycles. The molecule has 0 aliphatic carbocycles. The summed E-state index contributed by atoms with van der Waals surface area (Å²) in [6.45, 7) is -0.700. The van der Waals surface area contributed by atoms with Crippen molar-refractivity contribution in [2.45, 2.75) is 0 Å². The number of nitrogens with one attached hydrogen (secondary N) is 1. The van der Waals surface area contributed by atoms with E-state index in [-0.39, 0.29) is 12.1 Å². The largest absolute Gasteiger partial charge is 0.496 e. The Balaban J connectivity index is 1.85. The number of ether oxygens (including phenoxy) is 2. The molecule has 0 bridgehead atoms. The molecule has 2 rings (SSSR count). The van der Waals surface area contributed by atoms with Gasteiger partial charge in [0.1, 0.15) is 5.75 Å². The Hall–Kier alpha value is -2.58. The molecule has 2 amide bonds. The molecule has 2 aromatic rings. The summed E-state index contributed by atoms with van der Waals surface area (Å²) >= 11 is 9.25. The van der Waals surface area contributed by atoms with Gasteiger partial charge in [0, 0.05) is 7.05 Å². The zero-order valence-corrected chi connectivity index (χ0v) is 17.5. The van der Waals surface area contributed by atoms with Crippen LogP contribution in [0.5, 0.6) is 5.75 Å². The van der Waals surface area contributed by atoms with Gasteiger partial charge >= 0.3 is 5.97 Å². The summed E-state index contributed by atoms with van der Waals surface area (Å²) in [5.74, 6) is -1.04. The molecule has 7 nitrogen and oxygen atoms in total. The van der Waals surface area contributed by atoms with E-state index < -0.39 is 24.4 Å². The minimum Gasteiger partial charge on any atom is -0.496 e. The standard InChI is InChI=1S/C19H18BrClN2O5/c1-23(10-17(24)22-15-6-4-3-5-14(15)21)18(25)11-28-19(26)12-7-8-16(27-2)13(20)9-12/h3-9H,10-11H2,1-2H3,(H,22,24). The minimum absolute atomic E-state index is 0.213. The summed E-state index contributed by atoms with van der Waals surface area (Å²) in [5, 5.41) is 3.01. The highest BCUT2D eigenvalue weighted by Crippen LogP contribution is 2.25. The molecule has 2 aromatic carbocycles. The molecular formula is C19H18BrClN2O5. The van der Waals surface area contributed by atoms with Crippen LogP contribution in [0.4, 0.5) is 5.69 Å². The van der Waals surface area contributed by atoms with Gasteiger partial charge in [0.15, 0.2) is 6.61 Å². The maximum atomic E-state index is 12.1. The molecule has 28 heavy (non-hydrogen) atoms. The number of halogens is 2. The van der Waals surface area contributed by atoms with Gasteiger partial charge in [-0.1, -0.05) is 23.7 Å². The van der Waals surface area contributed by atoms with Crippen molar-refractivity contribution in [3.63, 3.8) is 0 Å². The number of rotatable bonds is 7. The van der Waals surface area contributed by atoms with E-state index in [0.717, 1.165) is 4.90 Å². The van der Waals surface area contributed by atoms with Crippen molar-refractivity contribution in [2.24, 2.45) is 0 Å². The predicted octanol–water partition coefficient (Wildman–Crippen LogP) is 3.37. The van der Waals surface area contributed by atoms with Crippen molar-refractivity contribution >= 4 is 51.0 Å². The Kier molecular flexibility index (Phi) is 7.83. The summed E-state index contributed by atoms with van der Waals surface area (Å²) < 4.78 is 10.7. The number of nitrogens with zero attached hydrogens (tertiary/aromatic N) is 1. The van der Waals surface area contributed by atoms with Gasteiger partial charge in [0.2, 0.25) is 5.91 Å². The number of methoxy groups -OCH3 is 1. The molecule has 0 saturated carbocycles. The van der Waals surface area contributed by atoms with Crippen LogP contribution in [0.2, 0.25) is 5.02 Å². The third-order valence-electron chi connectivity index (χ3n) is 3.67. The Morgan fingerprint density at radius 3 is 2.54 bits per heavy atom. The Labute approximate surface area is 175 Å². The molecular weight excluding hydrogens is 452 g/mol. The van der Waals surface area contributed by atoms with Gasteiger partial charge in [-0.3, -0.25) is 9.59 Å². The van der Waals surface area contributed by atoms with Gasteiger partial charge in [-0.2, -0.15) is 0 Å². The topological polar surface area (TPSA) is 84.9 Å². The number of carbonyl (C=O) groups excluding carboxylic acids is 3. The second kappa shape index (κ2) is 10.1. The van der Waals surface area contributed by atoms with Crippen LogP contribution in [0.15, 0.2) is 46.9 Å². The molecule has 1 N–H and O–H groups in total. The highest BCUT2D eigenvalue weighted by molar-refractivity contribution is 9.10. The number of benzene rings is 2. The molecule has 0 saturated heterocycles. The first kappa shape index (κ1) is 21.7. The summed E-state index contributed by atoms with van der Waals surface area (Å²) in [6, 6.07) is 11.4. The molecule has 0 unspecified atom stereocenters. The van der Waals surface area contributed by atoms with Crippen molar-refractivity contribution in [1.29, 1.82) is 0 Å². The number of esters is 1. The van der Waals surface area contributed by atoms with E-state index in [1.165, 1.54) is 26.3 Å². The van der Waals surface area contributed by atoms with Crippen LogP contribution in [-0.2, 0) is 14.3 Å². The zero-order valence-electron chi connectivity index (χ0n) is 15.2. The molecule has 148 valence electrons. The molecule has 0 radical (unpaired) electrons. The van der Waals surface area contributed by atoms with Crippen molar-refractivity contribution in [3.8, 4) is 5.75 Å². The van der Waals surface area contributed by atoms with Crippen LogP contribution in [0.25, 0.3) is 0 Å². The van der Waals surface area contributed by atoms with Gasteiger partial charge in [0.25, 0.3) is 5.91 Å². The normalized spacial score (nSPS) is 10.1. The van der Waals surface area contributed by atoms with Crippen molar-refractivity contribution < 1.29 is 23.9 Å². The van der Waals surface area contributed by atoms with Crippen molar-refractivity contribution in [1.82, 2.24) is 4.90 Å². The van der Waals surface area contributed by atoms with Gasteiger partial charge in [-0.25, -0.2) is 4.79 Å². The maximum absolute atomic E-state index is 12.1. The van der Waals surface area contributed by atoms with Crippen LogP contribution in [0, 0.1) is 0 Å². The fourth-order valence-electron chi connectivity index (χ4n) is 2.17. The second-order valence-electron chi connectivity index (χ2n) is 5.70. The molecule has 0 fully saturated rings. The summed E-state index contributed by atoms with van der Waals surface area (Å²) in [4.78, 5) is 37.4. The number of hydrogen-bond donors (Lipinski definition) is 1. The Bertz CT molecular complexity index is 890. The molecule has 0 heterocycles. The first-order valence-corrected chi connectivity index (χ1v) is 9.28. The molecule has 0 aliphatic heterocycles. The first-order chi connectivity index (χ1) is 13.3. The summed E-state index contributed by atoms with van der Waals surface area (Å²) in [6.07, 6.45) is 0. The number of likely N-dealkylation sites (N-methyl/N-ethyl adjacent to an activating group) is 1. The van der Waals surface area contributed by atoms with Gasteiger partial charge < -0.3 is 19.7 Å². The van der Waals surface area contributed by atoms with E-state index in [9.17, 15) is 14.4 Å². The fourth-order valence-corrected chi connectivity index (χ4v) is 2.89. The Morgan fingerprint density at radius 1 is 1.18 bits per heavy atom. The first-order valence-electron chi connectivity index (χ1n) is 8.11. The van der Waals surface area contributed by atoms with E-state index in [1.807, 2.05) is 0 Å². The van der Waals surface area contributed by atoms with Crippen molar-refractivity contribution in [3.05, 3.63) is 57.5 Å². The average molecular weight is 470 g/mol. The summed E-state index contributed by atoms with van der Waals surface area (Å²) in [7, 11) is 2.95. The van der Waals surface area contributed by atoms with Gasteiger partial charge in [0.05, 0.1) is 34.4 Å². The van der Waals surface area contributed by atoms with Crippen molar-refractivity contribution in [2.75, 3.05) is 32.6 Å². The smallest absolute Gasteiger partial charge is 0.338 e. The third kappa shape index (κ3) is 5.97. The molecule has 9 heteroatoms. The maximum Gasteiger partial charge on any atom is 0.338 e. The predicted molar refractivity (Wildman–Crippen MR) is 109 cm³/mol. The van der Waals surface area contributed by atoms with Gasteiger partial charge in [-0.05, 0) is 46.3 Å². The zero-order chi connectivity index (χ0) is 20.7. The SMILES string of the molecule is COc1ccc(C(=O)OCC(=O)N(C)CC(=O)Nc2ccccc2Cl)cc1Br. The van der Waals surface area contributed by atoms with Crippen LogP contribution in [-0.4, -0.2) is 50.0 Å². The van der Waals surface area contributed by atoms with E-state index in [1.54, 1.807) is 30.3 Å². The van der Waals surface area contributed by atoms with E-state index in [0.29, 0.717) is 20.9 Å². The summed E-state index contributed by atoms with van der Waals surface area (Å²) in [5.41, 5.74) is 0.714. The van der Waals surface area contributed by atoms with Crippen LogP contribution in [0.1, 0.15) is 10.4 Å². The van der Waals surface area contributed by atoms with E-state index in [2.05, 4.69) is 21.2 Å².